The number of aliphatic carboxylic acids is 1. The van der Waals surface area contributed by atoms with Crippen LogP contribution in [0.15, 0.2) is 0 Å². The van der Waals surface area contributed by atoms with E-state index in [0.717, 1.165) is 12.8 Å². The van der Waals surface area contributed by atoms with E-state index in [1.165, 1.54) is 19.9 Å². The van der Waals surface area contributed by atoms with E-state index in [9.17, 15) is 14.7 Å². The van der Waals surface area contributed by atoms with Crippen LogP contribution in [0, 0.1) is 17.2 Å². The number of carbonyl (C=O) groups excluding carboxylic acids is 2. The molecule has 0 saturated heterocycles. The molecule has 0 rings (SSSR count). The third-order valence-corrected chi connectivity index (χ3v) is 2.74. The van der Waals surface area contributed by atoms with Gasteiger partial charge in [-0.2, -0.15) is 5.26 Å². The molecule has 0 aromatic rings. The highest BCUT2D eigenvalue weighted by Crippen LogP contribution is 1.99. The molecule has 0 radical (unpaired) electrons. The van der Waals surface area contributed by atoms with Gasteiger partial charge in [0.2, 0.25) is 0 Å². The Morgan fingerprint density at radius 1 is 1.11 bits per heavy atom. The van der Waals surface area contributed by atoms with Crippen LogP contribution in [0.5, 0.6) is 0 Å². The summed E-state index contributed by atoms with van der Waals surface area (Å²) in [6, 6.07) is 2.11. The molecular weight excluding hydrogens is 344 g/mol. The van der Waals surface area contributed by atoms with Crippen LogP contribution in [0.2, 0.25) is 0 Å². The molecule has 6 heteroatoms. The number of carboxylic acids is 1. The molecule has 168 valence electrons. The molecule has 1 unspecified atom stereocenters. The van der Waals surface area contributed by atoms with Crippen molar-refractivity contribution >= 4 is 11.9 Å². The summed E-state index contributed by atoms with van der Waals surface area (Å²) < 4.78 is 4.65. The highest BCUT2D eigenvalue weighted by atomic mass is 16.5. The molecule has 0 saturated carbocycles. The van der Waals surface area contributed by atoms with E-state index in [0.29, 0.717) is 19.4 Å². The molecular formula is C21H50N2O4. The number of hydrogen-bond acceptors (Lipinski definition) is 5. The first-order chi connectivity index (χ1) is 10.8. The Morgan fingerprint density at radius 2 is 1.63 bits per heavy atom. The molecule has 0 bridgehead atoms. The second kappa shape index (κ2) is 39.5. The van der Waals surface area contributed by atoms with Crippen molar-refractivity contribution in [3.05, 3.63) is 0 Å². The van der Waals surface area contributed by atoms with Gasteiger partial charge in [0.05, 0.1) is 26.3 Å². The van der Waals surface area contributed by atoms with Gasteiger partial charge in [0.15, 0.2) is 0 Å². The lowest BCUT2D eigenvalue weighted by Crippen LogP contribution is -2.79. The van der Waals surface area contributed by atoms with Crippen molar-refractivity contribution in [2.75, 3.05) is 20.2 Å². The highest BCUT2D eigenvalue weighted by molar-refractivity contribution is 5.65. The third kappa shape index (κ3) is 68.2. The van der Waals surface area contributed by atoms with Gasteiger partial charge in [-0.05, 0) is 45.4 Å². The predicted octanol–water partition coefficient (Wildman–Crippen LogP) is 3.55. The van der Waals surface area contributed by atoms with Crippen LogP contribution < -0.4 is 10.4 Å². The van der Waals surface area contributed by atoms with Crippen LogP contribution in [0.3, 0.4) is 0 Å². The van der Waals surface area contributed by atoms with Gasteiger partial charge in [0, 0.05) is 18.8 Å². The Balaban J connectivity index is -0.0000000461. The van der Waals surface area contributed by atoms with E-state index in [2.05, 4.69) is 30.1 Å². The number of ether oxygens (including phenoxy) is 1. The lowest BCUT2D eigenvalue weighted by molar-refractivity contribution is -0.626. The number of carbonyl (C=O) groups is 2. The number of nitrogens with two attached hydrogens (primary N) is 1. The molecule has 0 aliphatic rings. The standard InChI is InChI=1S/C8H14O4.C5H9N.C4H11N.4CH4/c1-7(9)12-6-4-2-3-5-8(10)11;1-3-5(2)4-6;1-3-4-5-2;;;;/h2-6H2,1H3,(H,10,11);5H,3H2,1-2H3;5H,3-4H2,1-2H3;4*1H4. The zero-order valence-electron chi connectivity index (χ0n) is 15.4. The normalized spacial score (nSPS) is 8.59. The van der Waals surface area contributed by atoms with Gasteiger partial charge in [-0.3, -0.25) is 4.79 Å². The molecule has 1 atom stereocenters. The number of nitrogens with zero attached hydrogens (tertiary/aromatic N) is 1. The molecule has 6 nitrogen and oxygen atoms in total. The summed E-state index contributed by atoms with van der Waals surface area (Å²) in [7, 11) is 2.09. The van der Waals surface area contributed by atoms with Crippen LogP contribution in [-0.4, -0.2) is 32.1 Å². The van der Waals surface area contributed by atoms with Gasteiger partial charge >= 0.3 is 5.97 Å². The summed E-state index contributed by atoms with van der Waals surface area (Å²) in [6.45, 7) is 9.09. The summed E-state index contributed by atoms with van der Waals surface area (Å²) in [5.74, 6) is -1.08. The average molecular weight is 395 g/mol. The predicted molar refractivity (Wildman–Crippen MR) is 115 cm³/mol. The van der Waals surface area contributed by atoms with Gasteiger partial charge in [-0.25, -0.2) is 0 Å². The van der Waals surface area contributed by atoms with Crippen molar-refractivity contribution in [1.82, 2.24) is 0 Å². The molecule has 0 heterocycles. The maximum atomic E-state index is 10.3. The largest absolute Gasteiger partial charge is 0.550 e. The number of unbranched alkanes of at least 4 members (excludes halogenated alkanes) is 2. The first-order valence-electron chi connectivity index (χ1n) is 8.36. The summed E-state index contributed by atoms with van der Waals surface area (Å²) in [5, 5.41) is 20.2. The first kappa shape index (κ1) is 44.7. The first-order valence-corrected chi connectivity index (χ1v) is 8.36. The molecule has 0 aliphatic carbocycles. The zero-order valence-corrected chi connectivity index (χ0v) is 15.4. The van der Waals surface area contributed by atoms with Crippen molar-refractivity contribution in [3.63, 3.8) is 0 Å². The van der Waals surface area contributed by atoms with Crippen molar-refractivity contribution in [2.24, 2.45) is 5.92 Å². The van der Waals surface area contributed by atoms with Crippen LogP contribution in [0.1, 0.15) is 95.9 Å². The summed E-state index contributed by atoms with van der Waals surface area (Å²) in [5.41, 5.74) is 0. The number of carboxylic acid groups (broad SMARTS) is 1. The minimum atomic E-state index is -1.03. The Morgan fingerprint density at radius 3 is 1.85 bits per heavy atom. The lowest BCUT2D eigenvalue weighted by Gasteiger charge is -2.02. The number of esters is 1. The fourth-order valence-electron chi connectivity index (χ4n) is 1.14. The minimum absolute atomic E-state index is 0. The van der Waals surface area contributed by atoms with E-state index in [1.807, 2.05) is 13.8 Å². The molecule has 0 aliphatic heterocycles. The quantitative estimate of drug-likeness (QED) is 0.475. The fourth-order valence-corrected chi connectivity index (χ4v) is 1.14. The van der Waals surface area contributed by atoms with E-state index < -0.39 is 5.97 Å². The molecule has 27 heavy (non-hydrogen) atoms. The molecule has 0 amide bonds. The van der Waals surface area contributed by atoms with Gasteiger partial charge in [-0.1, -0.05) is 43.6 Å². The van der Waals surface area contributed by atoms with Gasteiger partial charge in [0.1, 0.15) is 0 Å². The van der Waals surface area contributed by atoms with Gasteiger partial charge in [-0.15, -0.1) is 0 Å². The van der Waals surface area contributed by atoms with E-state index in [4.69, 9.17) is 5.26 Å². The van der Waals surface area contributed by atoms with Gasteiger partial charge < -0.3 is 20.0 Å². The summed E-state index contributed by atoms with van der Waals surface area (Å²) in [4.78, 5) is 20.2. The Hall–Kier alpha value is -1.61. The smallest absolute Gasteiger partial charge is 0.302 e. The number of rotatable bonds is 9. The van der Waals surface area contributed by atoms with Crippen molar-refractivity contribution in [1.29, 1.82) is 5.26 Å². The van der Waals surface area contributed by atoms with E-state index in [1.54, 1.807) is 0 Å². The second-order valence-corrected chi connectivity index (χ2v) is 5.16. The van der Waals surface area contributed by atoms with E-state index in [-0.39, 0.29) is 48.0 Å². The van der Waals surface area contributed by atoms with Crippen molar-refractivity contribution in [2.45, 2.75) is 95.9 Å². The fraction of sp³-hybridized carbons (Fsp3) is 0.857. The van der Waals surface area contributed by atoms with Crippen molar-refractivity contribution in [3.8, 4) is 6.07 Å². The lowest BCUT2D eigenvalue weighted by atomic mass is 10.2. The monoisotopic (exact) mass is 394 g/mol. The topological polar surface area (TPSA) is 107 Å². The third-order valence-electron chi connectivity index (χ3n) is 2.74. The maximum absolute atomic E-state index is 10.3. The number of quaternary nitrogens is 1. The van der Waals surface area contributed by atoms with E-state index >= 15 is 0 Å². The Labute approximate surface area is 170 Å². The second-order valence-electron chi connectivity index (χ2n) is 5.16. The van der Waals surface area contributed by atoms with Crippen LogP contribution in [-0.2, 0) is 14.3 Å². The Bertz CT molecular complexity index is 296. The van der Waals surface area contributed by atoms with Crippen LogP contribution >= 0.6 is 0 Å². The number of hydrogen-bond donors (Lipinski definition) is 1. The molecule has 2 N–H and O–H groups in total. The minimum Gasteiger partial charge on any atom is -0.550 e. The molecule has 0 aromatic carbocycles. The summed E-state index contributed by atoms with van der Waals surface area (Å²) >= 11 is 0. The SMILES string of the molecule is C.C.C.C.CC(=O)OCCCCCC(=O)[O-].CCC(C)C#N.CCC[NH2+]C. The highest BCUT2D eigenvalue weighted by Gasteiger charge is 1.93. The summed E-state index contributed by atoms with van der Waals surface area (Å²) in [6.07, 6.45) is 4.39. The zero-order chi connectivity index (χ0) is 18.5. The van der Waals surface area contributed by atoms with Crippen LogP contribution in [0.4, 0.5) is 0 Å². The maximum Gasteiger partial charge on any atom is 0.302 e. The van der Waals surface area contributed by atoms with Crippen LogP contribution in [0.25, 0.3) is 0 Å². The average Bonchev–Trinajstić information content (AvgIpc) is 2.51. The molecule has 0 fully saturated rings. The molecule has 0 aromatic heterocycles. The van der Waals surface area contributed by atoms with Gasteiger partial charge in [0.25, 0.3) is 0 Å². The Kier molecular flexibility index (Phi) is 65.3. The van der Waals surface area contributed by atoms with Crippen molar-refractivity contribution < 1.29 is 24.7 Å². The number of nitriles is 1. The molecule has 0 spiro atoms.